The van der Waals surface area contributed by atoms with Gasteiger partial charge >= 0.3 is 5.97 Å². The third-order valence-electron chi connectivity index (χ3n) is 2.16. The lowest BCUT2D eigenvalue weighted by molar-refractivity contribution is -0.138. The summed E-state index contributed by atoms with van der Waals surface area (Å²) in [5.74, 6) is -1.91. The molecule has 0 bridgehead atoms. The van der Waals surface area contributed by atoms with Gasteiger partial charge in [0.15, 0.2) is 11.5 Å². The van der Waals surface area contributed by atoms with Crippen LogP contribution in [0.25, 0.3) is 0 Å². The number of nitrogens with two attached hydrogens (primary N) is 1. The molecular formula is C10H13NO4. The van der Waals surface area contributed by atoms with Crippen LogP contribution in [0.2, 0.25) is 0 Å². The molecule has 0 amide bonds. The minimum Gasteiger partial charge on any atom is -0.504 e. The highest BCUT2D eigenvalue weighted by Gasteiger charge is 2.22. The van der Waals surface area contributed by atoms with Gasteiger partial charge in [0, 0.05) is 12.1 Å². The summed E-state index contributed by atoms with van der Waals surface area (Å²) in [6.45, 7) is -0.0734. The molecule has 1 atom stereocenters. The van der Waals surface area contributed by atoms with Crippen molar-refractivity contribution >= 4 is 5.97 Å². The maximum absolute atomic E-state index is 10.9. The average molecular weight is 211 g/mol. The number of carboxylic acids is 1. The van der Waals surface area contributed by atoms with Crippen molar-refractivity contribution < 1.29 is 19.7 Å². The monoisotopic (exact) mass is 211 g/mol. The Balaban J connectivity index is 3.18. The van der Waals surface area contributed by atoms with E-state index in [0.29, 0.717) is 0 Å². The smallest absolute Gasteiger partial charge is 0.312 e. The SMILES string of the molecule is COc1cccc(C(CN)C(=O)O)c1O. The van der Waals surface area contributed by atoms with Crippen molar-refractivity contribution in [2.24, 2.45) is 5.73 Å². The highest BCUT2D eigenvalue weighted by Crippen LogP contribution is 2.33. The number of hydrogen-bond acceptors (Lipinski definition) is 4. The fourth-order valence-electron chi connectivity index (χ4n) is 1.35. The summed E-state index contributed by atoms with van der Waals surface area (Å²) in [7, 11) is 1.40. The van der Waals surface area contributed by atoms with Crippen molar-refractivity contribution in [1.82, 2.24) is 0 Å². The lowest BCUT2D eigenvalue weighted by atomic mass is 9.98. The summed E-state index contributed by atoms with van der Waals surface area (Å²) in [6, 6.07) is 4.68. The first-order valence-corrected chi connectivity index (χ1v) is 4.40. The number of rotatable bonds is 4. The topological polar surface area (TPSA) is 92.8 Å². The number of aromatic hydroxyl groups is 1. The Morgan fingerprint density at radius 3 is 2.73 bits per heavy atom. The van der Waals surface area contributed by atoms with E-state index in [9.17, 15) is 9.90 Å². The molecule has 0 saturated carbocycles. The first-order valence-electron chi connectivity index (χ1n) is 4.40. The molecule has 0 aliphatic carbocycles. The second kappa shape index (κ2) is 4.65. The molecule has 0 spiro atoms. The number of hydrogen-bond donors (Lipinski definition) is 3. The van der Waals surface area contributed by atoms with E-state index >= 15 is 0 Å². The maximum atomic E-state index is 10.9. The summed E-state index contributed by atoms with van der Waals surface area (Å²) in [5.41, 5.74) is 5.60. The first-order chi connectivity index (χ1) is 7.11. The number of carboxylic acid groups (broad SMARTS) is 1. The highest BCUT2D eigenvalue weighted by atomic mass is 16.5. The molecule has 0 fully saturated rings. The minimum absolute atomic E-state index is 0.0734. The lowest BCUT2D eigenvalue weighted by Gasteiger charge is -2.13. The molecule has 5 nitrogen and oxygen atoms in total. The fraction of sp³-hybridized carbons (Fsp3) is 0.300. The molecule has 1 aromatic carbocycles. The van der Waals surface area contributed by atoms with Gasteiger partial charge in [-0.3, -0.25) is 4.79 Å². The van der Waals surface area contributed by atoms with Crippen LogP contribution in [0.3, 0.4) is 0 Å². The van der Waals surface area contributed by atoms with Crippen LogP contribution in [0, 0.1) is 0 Å². The van der Waals surface area contributed by atoms with Crippen LogP contribution in [-0.2, 0) is 4.79 Å². The van der Waals surface area contributed by atoms with Gasteiger partial charge in [0.2, 0.25) is 0 Å². The number of aliphatic carboxylic acids is 1. The molecule has 15 heavy (non-hydrogen) atoms. The number of para-hydroxylation sites is 1. The molecule has 0 saturated heterocycles. The van der Waals surface area contributed by atoms with Gasteiger partial charge < -0.3 is 20.7 Å². The van der Waals surface area contributed by atoms with Crippen molar-refractivity contribution in [2.45, 2.75) is 5.92 Å². The summed E-state index contributed by atoms with van der Waals surface area (Å²) >= 11 is 0. The zero-order valence-electron chi connectivity index (χ0n) is 8.30. The Morgan fingerprint density at radius 1 is 1.60 bits per heavy atom. The largest absolute Gasteiger partial charge is 0.504 e. The standard InChI is InChI=1S/C10H13NO4/c1-15-8-4-2-3-6(9(8)12)7(5-11)10(13)14/h2-4,7,12H,5,11H2,1H3,(H,13,14). The van der Waals surface area contributed by atoms with Gasteiger partial charge in [-0.1, -0.05) is 12.1 Å². The Hall–Kier alpha value is -1.75. The van der Waals surface area contributed by atoms with Crippen LogP contribution < -0.4 is 10.5 Å². The van der Waals surface area contributed by atoms with Crippen molar-refractivity contribution in [3.63, 3.8) is 0 Å². The van der Waals surface area contributed by atoms with Crippen LogP contribution in [0.4, 0.5) is 0 Å². The average Bonchev–Trinajstić information content (AvgIpc) is 2.21. The van der Waals surface area contributed by atoms with Crippen molar-refractivity contribution in [3.05, 3.63) is 23.8 Å². The van der Waals surface area contributed by atoms with Crippen LogP contribution >= 0.6 is 0 Å². The Kier molecular flexibility index (Phi) is 3.51. The molecule has 0 aromatic heterocycles. The van der Waals surface area contributed by atoms with Gasteiger partial charge in [0.05, 0.1) is 13.0 Å². The van der Waals surface area contributed by atoms with E-state index in [0.717, 1.165) is 0 Å². The second-order valence-electron chi connectivity index (χ2n) is 3.02. The maximum Gasteiger partial charge on any atom is 0.312 e. The highest BCUT2D eigenvalue weighted by molar-refractivity contribution is 5.78. The molecule has 1 unspecified atom stereocenters. The molecule has 1 rings (SSSR count). The normalized spacial score (nSPS) is 12.1. The van der Waals surface area contributed by atoms with Crippen LogP contribution in [0.1, 0.15) is 11.5 Å². The third kappa shape index (κ3) is 2.19. The predicted octanol–water partition coefficient (Wildman–Crippen LogP) is 0.528. The molecule has 1 aromatic rings. The van der Waals surface area contributed by atoms with Crippen LogP contribution in [-0.4, -0.2) is 29.8 Å². The van der Waals surface area contributed by atoms with E-state index in [4.69, 9.17) is 15.6 Å². The summed E-state index contributed by atoms with van der Waals surface area (Å²) in [6.07, 6.45) is 0. The van der Waals surface area contributed by atoms with Crippen molar-refractivity contribution in [1.29, 1.82) is 0 Å². The van der Waals surface area contributed by atoms with E-state index in [1.165, 1.54) is 13.2 Å². The van der Waals surface area contributed by atoms with Crippen molar-refractivity contribution in [3.8, 4) is 11.5 Å². The number of carbonyl (C=O) groups is 1. The molecule has 0 heterocycles. The van der Waals surface area contributed by atoms with Gasteiger partial charge in [-0.05, 0) is 6.07 Å². The van der Waals surface area contributed by atoms with Crippen molar-refractivity contribution in [2.75, 3.05) is 13.7 Å². The molecule has 0 radical (unpaired) electrons. The molecule has 0 aliphatic rings. The summed E-state index contributed by atoms with van der Waals surface area (Å²) in [4.78, 5) is 10.9. The van der Waals surface area contributed by atoms with Gasteiger partial charge in [-0.15, -0.1) is 0 Å². The Labute approximate surface area is 87.1 Å². The Morgan fingerprint density at radius 2 is 2.27 bits per heavy atom. The quantitative estimate of drug-likeness (QED) is 0.675. The number of phenols is 1. The summed E-state index contributed by atoms with van der Waals surface area (Å²) in [5, 5.41) is 18.6. The Bertz CT molecular complexity index is 364. The molecule has 82 valence electrons. The van der Waals surface area contributed by atoms with E-state index < -0.39 is 11.9 Å². The van der Waals surface area contributed by atoms with Gasteiger partial charge in [0.1, 0.15) is 0 Å². The van der Waals surface area contributed by atoms with Gasteiger partial charge in [-0.25, -0.2) is 0 Å². The molecular weight excluding hydrogens is 198 g/mol. The fourth-order valence-corrected chi connectivity index (χ4v) is 1.35. The number of methoxy groups -OCH3 is 1. The zero-order chi connectivity index (χ0) is 11.4. The number of ether oxygens (including phenoxy) is 1. The number of phenolic OH excluding ortho intramolecular Hbond substituents is 1. The van der Waals surface area contributed by atoms with Gasteiger partial charge in [0.25, 0.3) is 0 Å². The van der Waals surface area contributed by atoms with Gasteiger partial charge in [-0.2, -0.15) is 0 Å². The second-order valence-corrected chi connectivity index (χ2v) is 3.02. The summed E-state index contributed by atoms with van der Waals surface area (Å²) < 4.78 is 4.88. The van der Waals surface area contributed by atoms with E-state index in [2.05, 4.69) is 0 Å². The predicted molar refractivity (Wildman–Crippen MR) is 54.1 cm³/mol. The van der Waals surface area contributed by atoms with E-state index in [1.54, 1.807) is 12.1 Å². The van der Waals surface area contributed by atoms with E-state index in [1.807, 2.05) is 0 Å². The number of benzene rings is 1. The van der Waals surface area contributed by atoms with Crippen LogP contribution in [0.5, 0.6) is 11.5 Å². The molecule has 4 N–H and O–H groups in total. The first kappa shape index (κ1) is 11.3. The molecule has 5 heteroatoms. The third-order valence-corrected chi connectivity index (χ3v) is 2.16. The van der Waals surface area contributed by atoms with E-state index in [-0.39, 0.29) is 23.6 Å². The zero-order valence-corrected chi connectivity index (χ0v) is 8.30. The lowest BCUT2D eigenvalue weighted by Crippen LogP contribution is -2.21. The minimum atomic E-state index is -1.07. The van der Waals surface area contributed by atoms with Crippen LogP contribution in [0.15, 0.2) is 18.2 Å². The molecule has 0 aliphatic heterocycles.